The Morgan fingerprint density at radius 3 is 2.23 bits per heavy atom. The van der Waals surface area contributed by atoms with Gasteiger partial charge < -0.3 is 9.15 Å². The molecular weight excluding hydrogens is 276 g/mol. The van der Waals surface area contributed by atoms with Crippen LogP contribution in [-0.4, -0.2) is 7.11 Å². The summed E-state index contributed by atoms with van der Waals surface area (Å²) in [5.74, 6) is 0.720. The van der Waals surface area contributed by atoms with Gasteiger partial charge in [-0.3, -0.25) is 0 Å². The summed E-state index contributed by atoms with van der Waals surface area (Å²) in [7, 11) is 1.63. The van der Waals surface area contributed by atoms with Gasteiger partial charge in [0.05, 0.1) is 12.5 Å². The van der Waals surface area contributed by atoms with Crippen molar-refractivity contribution < 1.29 is 9.15 Å². The van der Waals surface area contributed by atoms with Crippen molar-refractivity contribution >= 4 is 11.0 Å². The van der Waals surface area contributed by atoms with Crippen LogP contribution in [0.1, 0.15) is 16.7 Å². The van der Waals surface area contributed by atoms with E-state index >= 15 is 0 Å². The summed E-state index contributed by atoms with van der Waals surface area (Å²) < 4.78 is 11.0. The lowest BCUT2D eigenvalue weighted by Crippen LogP contribution is -2.06. The van der Waals surface area contributed by atoms with Gasteiger partial charge >= 0.3 is 5.63 Å². The fourth-order valence-electron chi connectivity index (χ4n) is 2.63. The molecule has 1 aromatic heterocycles. The molecule has 0 aliphatic rings. The Morgan fingerprint density at radius 2 is 1.59 bits per heavy atom. The van der Waals surface area contributed by atoms with Crippen LogP contribution in [0.3, 0.4) is 0 Å². The van der Waals surface area contributed by atoms with E-state index in [0.717, 1.165) is 27.8 Å². The number of hydrogen-bond donors (Lipinski definition) is 0. The molecule has 0 saturated heterocycles. The average Bonchev–Trinajstić information content (AvgIpc) is 2.52. The Balaban J connectivity index is 2.33. The Labute approximate surface area is 129 Å². The predicted molar refractivity (Wildman–Crippen MR) is 88.7 cm³/mol. The molecule has 2 aromatic carbocycles. The maximum absolute atomic E-state index is 11.9. The summed E-state index contributed by atoms with van der Waals surface area (Å²) in [4.78, 5) is 11.9. The first kappa shape index (κ1) is 14.4. The fourth-order valence-corrected chi connectivity index (χ4v) is 2.63. The molecule has 0 spiro atoms. The largest absolute Gasteiger partial charge is 0.496 e. The van der Waals surface area contributed by atoms with Crippen molar-refractivity contribution in [1.29, 1.82) is 0 Å². The summed E-state index contributed by atoms with van der Waals surface area (Å²) in [6, 6.07) is 12.1. The molecule has 0 N–H and O–H groups in total. The normalized spacial score (nSPS) is 10.9. The minimum Gasteiger partial charge on any atom is -0.496 e. The van der Waals surface area contributed by atoms with Gasteiger partial charge in [0.1, 0.15) is 11.3 Å². The van der Waals surface area contributed by atoms with Gasteiger partial charge in [-0.25, -0.2) is 4.79 Å². The molecule has 0 unspecified atom stereocenters. The molecule has 0 amide bonds. The maximum atomic E-state index is 11.9. The number of fused-ring (bicyclic) bond motifs is 1. The molecule has 0 saturated carbocycles. The molecule has 112 valence electrons. The van der Waals surface area contributed by atoms with Crippen LogP contribution in [0, 0.1) is 20.8 Å². The first-order valence-electron chi connectivity index (χ1n) is 7.20. The summed E-state index contributed by atoms with van der Waals surface area (Å²) in [5, 5.41) is 0.857. The Bertz CT molecular complexity index is 903. The van der Waals surface area contributed by atoms with E-state index in [1.165, 1.54) is 5.56 Å². The van der Waals surface area contributed by atoms with Crippen LogP contribution in [0.5, 0.6) is 5.75 Å². The van der Waals surface area contributed by atoms with Crippen molar-refractivity contribution in [1.82, 2.24) is 0 Å². The van der Waals surface area contributed by atoms with Crippen molar-refractivity contribution in [2.75, 3.05) is 7.11 Å². The lowest BCUT2D eigenvalue weighted by atomic mass is 9.99. The quantitative estimate of drug-likeness (QED) is 0.658. The molecule has 0 radical (unpaired) electrons. The van der Waals surface area contributed by atoms with E-state index in [9.17, 15) is 4.79 Å². The van der Waals surface area contributed by atoms with Gasteiger partial charge in [-0.05, 0) is 49.6 Å². The Kier molecular flexibility index (Phi) is 3.49. The first-order valence-corrected chi connectivity index (χ1v) is 7.20. The van der Waals surface area contributed by atoms with Crippen LogP contribution < -0.4 is 10.4 Å². The molecule has 0 fully saturated rings. The van der Waals surface area contributed by atoms with Gasteiger partial charge in [-0.2, -0.15) is 0 Å². The monoisotopic (exact) mass is 294 g/mol. The summed E-state index contributed by atoms with van der Waals surface area (Å²) in [6.45, 7) is 5.74. The van der Waals surface area contributed by atoms with E-state index in [2.05, 4.69) is 31.2 Å². The standard InChI is InChI=1S/C19H18O3/c1-11-5-7-14(8-6-11)15-9-16(21-4)18-12(2)13(3)19(20)22-17(18)10-15/h5-10H,1-4H3. The first-order chi connectivity index (χ1) is 10.5. The van der Waals surface area contributed by atoms with Crippen LogP contribution in [0.4, 0.5) is 0 Å². The van der Waals surface area contributed by atoms with Crippen molar-refractivity contribution in [2.45, 2.75) is 20.8 Å². The van der Waals surface area contributed by atoms with E-state index in [1.807, 2.05) is 19.1 Å². The number of hydrogen-bond acceptors (Lipinski definition) is 3. The Hall–Kier alpha value is -2.55. The minimum atomic E-state index is -0.298. The Morgan fingerprint density at radius 1 is 0.909 bits per heavy atom. The molecule has 3 rings (SSSR count). The third-order valence-electron chi connectivity index (χ3n) is 4.12. The van der Waals surface area contributed by atoms with E-state index < -0.39 is 0 Å². The molecule has 3 nitrogen and oxygen atoms in total. The summed E-state index contributed by atoms with van der Waals surface area (Å²) in [6.07, 6.45) is 0. The zero-order valence-electron chi connectivity index (χ0n) is 13.2. The number of rotatable bonds is 2. The SMILES string of the molecule is COc1cc(-c2ccc(C)cc2)cc2oc(=O)c(C)c(C)c12. The molecule has 0 bridgehead atoms. The van der Waals surface area contributed by atoms with Crippen molar-refractivity contribution in [2.24, 2.45) is 0 Å². The third kappa shape index (κ3) is 2.29. The molecule has 22 heavy (non-hydrogen) atoms. The zero-order valence-corrected chi connectivity index (χ0v) is 13.2. The average molecular weight is 294 g/mol. The van der Waals surface area contributed by atoms with E-state index in [-0.39, 0.29) is 5.63 Å². The highest BCUT2D eigenvalue weighted by molar-refractivity contribution is 5.91. The van der Waals surface area contributed by atoms with Crippen LogP contribution in [0.15, 0.2) is 45.6 Å². The lowest BCUT2D eigenvalue weighted by Gasteiger charge is -2.12. The summed E-state index contributed by atoms with van der Waals surface area (Å²) >= 11 is 0. The van der Waals surface area contributed by atoms with Crippen LogP contribution in [-0.2, 0) is 0 Å². The van der Waals surface area contributed by atoms with Gasteiger partial charge in [0.15, 0.2) is 0 Å². The highest BCUT2D eigenvalue weighted by atomic mass is 16.5. The second kappa shape index (κ2) is 5.34. The van der Waals surface area contributed by atoms with Crippen molar-refractivity contribution in [3.05, 3.63) is 63.5 Å². The molecular formula is C19H18O3. The van der Waals surface area contributed by atoms with Gasteiger partial charge in [0.25, 0.3) is 0 Å². The number of aryl methyl sites for hydroxylation is 2. The second-order valence-corrected chi connectivity index (χ2v) is 5.56. The van der Waals surface area contributed by atoms with E-state index in [4.69, 9.17) is 9.15 Å². The smallest absolute Gasteiger partial charge is 0.339 e. The maximum Gasteiger partial charge on any atom is 0.339 e. The van der Waals surface area contributed by atoms with E-state index in [0.29, 0.717) is 11.1 Å². The molecule has 0 aliphatic heterocycles. The summed E-state index contributed by atoms with van der Waals surface area (Å²) in [5.41, 5.74) is 5.01. The number of ether oxygens (including phenoxy) is 1. The van der Waals surface area contributed by atoms with Crippen LogP contribution in [0.2, 0.25) is 0 Å². The molecule has 0 aliphatic carbocycles. The van der Waals surface area contributed by atoms with Crippen molar-refractivity contribution in [3.63, 3.8) is 0 Å². The fraction of sp³-hybridized carbons (Fsp3) is 0.211. The molecule has 3 aromatic rings. The van der Waals surface area contributed by atoms with Gasteiger partial charge in [-0.1, -0.05) is 29.8 Å². The van der Waals surface area contributed by atoms with Crippen LogP contribution in [0.25, 0.3) is 22.1 Å². The van der Waals surface area contributed by atoms with Gasteiger partial charge in [0.2, 0.25) is 0 Å². The highest BCUT2D eigenvalue weighted by Gasteiger charge is 2.14. The second-order valence-electron chi connectivity index (χ2n) is 5.56. The van der Waals surface area contributed by atoms with Gasteiger partial charge in [0, 0.05) is 5.56 Å². The van der Waals surface area contributed by atoms with E-state index in [1.54, 1.807) is 14.0 Å². The topological polar surface area (TPSA) is 39.4 Å². The minimum absolute atomic E-state index is 0.298. The lowest BCUT2D eigenvalue weighted by molar-refractivity contribution is 0.418. The van der Waals surface area contributed by atoms with Crippen LogP contribution >= 0.6 is 0 Å². The zero-order chi connectivity index (χ0) is 15.9. The van der Waals surface area contributed by atoms with Crippen molar-refractivity contribution in [3.8, 4) is 16.9 Å². The number of benzene rings is 2. The number of methoxy groups -OCH3 is 1. The highest BCUT2D eigenvalue weighted by Crippen LogP contribution is 2.34. The van der Waals surface area contributed by atoms with Gasteiger partial charge in [-0.15, -0.1) is 0 Å². The molecule has 0 atom stereocenters. The molecule has 1 heterocycles. The predicted octanol–water partition coefficient (Wildman–Crippen LogP) is 4.39. The molecule has 3 heteroatoms. The third-order valence-corrected chi connectivity index (χ3v) is 4.12.